The Morgan fingerprint density at radius 2 is 1.46 bits per heavy atom. The molecule has 0 spiro atoms. The number of esters is 1. The maximum Gasteiger partial charge on any atom is 0.410 e. The van der Waals surface area contributed by atoms with Crippen LogP contribution >= 0.6 is 0 Å². The molecule has 152 valence electrons. The highest BCUT2D eigenvalue weighted by atomic mass is 16.5. The molecule has 0 saturated heterocycles. The van der Waals surface area contributed by atoms with E-state index in [1.54, 1.807) is 0 Å². The number of aliphatic hydroxyl groups excluding tert-OH is 1. The van der Waals surface area contributed by atoms with Crippen molar-refractivity contribution in [2.75, 3.05) is 13.8 Å². The molecule has 0 aromatic heterocycles. The number of carbonyl (C=O) groups is 2. The first-order valence-corrected chi connectivity index (χ1v) is 8.85. The van der Waals surface area contributed by atoms with Gasteiger partial charge in [-0.25, -0.2) is 4.79 Å². The number of carboxylic acid groups (broad SMARTS) is 1. The van der Waals surface area contributed by atoms with Crippen LogP contribution in [0.15, 0.2) is 60.7 Å². The number of nitrogens with two attached hydrogens (primary N) is 1. The summed E-state index contributed by atoms with van der Waals surface area (Å²) >= 11 is 0. The van der Waals surface area contributed by atoms with Gasteiger partial charge in [0.25, 0.3) is 0 Å². The predicted molar refractivity (Wildman–Crippen MR) is 107 cm³/mol. The lowest BCUT2D eigenvalue weighted by molar-refractivity contribution is -0.146. The third-order valence-corrected chi connectivity index (χ3v) is 4.40. The topological polar surface area (TPSA) is 113 Å². The standard InChI is InChI=1S/C20H24N2O4.CH4O/c1-14(16-9-5-3-6-10-16)19(18(21)17-11-7-4-8-12-17)22(20(24)25)13-26-15(2)23;1-2/h3-12,14,18-19H,13,21H2,1-2H3,(H,24,25);2H,1H3. The number of ether oxygens (including phenoxy) is 1. The Kier molecular flexibility index (Phi) is 9.70. The number of benzene rings is 2. The minimum Gasteiger partial charge on any atom is -0.465 e. The van der Waals surface area contributed by atoms with Crippen LogP contribution in [0.4, 0.5) is 4.79 Å². The number of hydrogen-bond donors (Lipinski definition) is 3. The summed E-state index contributed by atoms with van der Waals surface area (Å²) in [6, 6.07) is 17.7. The summed E-state index contributed by atoms with van der Waals surface area (Å²) in [6.45, 7) is 2.80. The van der Waals surface area contributed by atoms with Crippen LogP contribution in [0.5, 0.6) is 0 Å². The normalized spacial score (nSPS) is 13.3. The van der Waals surface area contributed by atoms with Crippen molar-refractivity contribution in [3.8, 4) is 0 Å². The first kappa shape index (κ1) is 23.1. The van der Waals surface area contributed by atoms with E-state index in [4.69, 9.17) is 15.6 Å². The summed E-state index contributed by atoms with van der Waals surface area (Å²) in [4.78, 5) is 24.2. The molecule has 0 aliphatic rings. The summed E-state index contributed by atoms with van der Waals surface area (Å²) in [5.41, 5.74) is 8.25. The van der Waals surface area contributed by atoms with Crippen molar-refractivity contribution in [2.24, 2.45) is 5.73 Å². The molecule has 3 atom stereocenters. The van der Waals surface area contributed by atoms with Gasteiger partial charge in [-0.2, -0.15) is 0 Å². The van der Waals surface area contributed by atoms with E-state index in [1.165, 1.54) is 6.92 Å². The van der Waals surface area contributed by atoms with Crippen molar-refractivity contribution in [1.29, 1.82) is 0 Å². The fourth-order valence-electron chi connectivity index (χ4n) is 3.03. The number of nitrogens with zero attached hydrogens (tertiary/aromatic N) is 1. The van der Waals surface area contributed by atoms with E-state index in [9.17, 15) is 14.7 Å². The van der Waals surface area contributed by atoms with Crippen molar-refractivity contribution in [3.05, 3.63) is 71.8 Å². The molecule has 2 aromatic rings. The van der Waals surface area contributed by atoms with Gasteiger partial charge in [0.05, 0.1) is 12.1 Å². The van der Waals surface area contributed by atoms with Gasteiger partial charge in [-0.1, -0.05) is 67.6 Å². The van der Waals surface area contributed by atoms with Crippen LogP contribution in [-0.4, -0.2) is 47.1 Å². The van der Waals surface area contributed by atoms with Crippen LogP contribution in [0.25, 0.3) is 0 Å². The number of carbonyl (C=O) groups excluding carboxylic acids is 1. The lowest BCUT2D eigenvalue weighted by atomic mass is 9.85. The molecule has 3 unspecified atom stereocenters. The summed E-state index contributed by atoms with van der Waals surface area (Å²) in [7, 11) is 1.00. The summed E-state index contributed by atoms with van der Waals surface area (Å²) in [5.74, 6) is -0.756. The van der Waals surface area contributed by atoms with E-state index in [1.807, 2.05) is 67.6 Å². The Hall–Kier alpha value is -2.90. The molecule has 0 aliphatic heterocycles. The van der Waals surface area contributed by atoms with Crippen LogP contribution in [0.1, 0.15) is 36.9 Å². The third-order valence-electron chi connectivity index (χ3n) is 4.40. The van der Waals surface area contributed by atoms with Crippen LogP contribution in [0, 0.1) is 0 Å². The molecule has 0 aliphatic carbocycles. The van der Waals surface area contributed by atoms with E-state index in [2.05, 4.69) is 0 Å². The molecule has 4 N–H and O–H groups in total. The van der Waals surface area contributed by atoms with E-state index in [0.29, 0.717) is 0 Å². The second-order valence-electron chi connectivity index (χ2n) is 6.14. The van der Waals surface area contributed by atoms with Gasteiger partial charge in [0.1, 0.15) is 0 Å². The second kappa shape index (κ2) is 11.7. The number of aliphatic hydroxyl groups is 1. The Labute approximate surface area is 165 Å². The summed E-state index contributed by atoms with van der Waals surface area (Å²) in [5, 5.41) is 16.7. The first-order chi connectivity index (χ1) is 13.4. The predicted octanol–water partition coefficient (Wildman–Crippen LogP) is 2.97. The van der Waals surface area contributed by atoms with E-state index >= 15 is 0 Å². The zero-order valence-electron chi connectivity index (χ0n) is 16.4. The quantitative estimate of drug-likeness (QED) is 0.496. The fraction of sp³-hybridized carbons (Fsp3) is 0.333. The Morgan fingerprint density at radius 3 is 1.89 bits per heavy atom. The van der Waals surface area contributed by atoms with Crippen LogP contribution in [0.3, 0.4) is 0 Å². The van der Waals surface area contributed by atoms with Crippen LogP contribution in [-0.2, 0) is 9.53 Å². The molecule has 0 saturated carbocycles. The van der Waals surface area contributed by atoms with Crippen molar-refractivity contribution < 1.29 is 24.5 Å². The minimum absolute atomic E-state index is 0.210. The Balaban J connectivity index is 0.00000190. The molecule has 0 fully saturated rings. The molecule has 1 amide bonds. The number of amides is 1. The molecule has 0 heterocycles. The summed E-state index contributed by atoms with van der Waals surface area (Å²) < 4.78 is 4.97. The van der Waals surface area contributed by atoms with E-state index in [0.717, 1.165) is 23.1 Å². The van der Waals surface area contributed by atoms with Gasteiger partial charge in [0.15, 0.2) is 6.73 Å². The average molecular weight is 388 g/mol. The molecule has 7 heteroatoms. The van der Waals surface area contributed by atoms with Crippen molar-refractivity contribution in [2.45, 2.75) is 31.8 Å². The highest BCUT2D eigenvalue weighted by Crippen LogP contribution is 2.31. The maximum atomic E-state index is 11.9. The van der Waals surface area contributed by atoms with Gasteiger partial charge in [-0.05, 0) is 11.1 Å². The van der Waals surface area contributed by atoms with E-state index in [-0.39, 0.29) is 12.6 Å². The third kappa shape index (κ3) is 6.37. The Morgan fingerprint density at radius 1 is 1.00 bits per heavy atom. The van der Waals surface area contributed by atoms with Gasteiger partial charge in [-0.3, -0.25) is 9.69 Å². The molecule has 28 heavy (non-hydrogen) atoms. The summed E-state index contributed by atoms with van der Waals surface area (Å²) in [6.07, 6.45) is -1.19. The SMILES string of the molecule is CC(=O)OCN(C(=O)O)C(C(C)c1ccccc1)C(N)c1ccccc1.CO. The monoisotopic (exact) mass is 388 g/mol. The molecule has 7 nitrogen and oxygen atoms in total. The van der Waals surface area contributed by atoms with E-state index < -0.39 is 24.1 Å². The lowest BCUT2D eigenvalue weighted by Gasteiger charge is -2.37. The molecular weight excluding hydrogens is 360 g/mol. The van der Waals surface area contributed by atoms with Gasteiger partial charge < -0.3 is 20.7 Å². The fourth-order valence-corrected chi connectivity index (χ4v) is 3.03. The molecule has 2 aromatic carbocycles. The van der Waals surface area contributed by atoms with Gasteiger partial charge >= 0.3 is 12.1 Å². The first-order valence-electron chi connectivity index (χ1n) is 8.85. The Bertz CT molecular complexity index is 679. The second-order valence-corrected chi connectivity index (χ2v) is 6.14. The van der Waals surface area contributed by atoms with Crippen LogP contribution in [0.2, 0.25) is 0 Å². The molecule has 0 bridgehead atoms. The van der Waals surface area contributed by atoms with Gasteiger partial charge in [-0.15, -0.1) is 0 Å². The van der Waals surface area contributed by atoms with Gasteiger partial charge in [0, 0.05) is 20.0 Å². The maximum absolute atomic E-state index is 11.9. The lowest BCUT2D eigenvalue weighted by Crippen LogP contribution is -2.49. The zero-order chi connectivity index (χ0) is 21.1. The number of rotatable bonds is 7. The molecular formula is C21H28N2O5. The highest BCUT2D eigenvalue weighted by molar-refractivity contribution is 5.68. The van der Waals surface area contributed by atoms with Crippen LogP contribution < -0.4 is 5.73 Å². The minimum atomic E-state index is -1.19. The average Bonchev–Trinajstić information content (AvgIpc) is 2.72. The molecule has 0 radical (unpaired) electrons. The molecule has 2 rings (SSSR count). The highest BCUT2D eigenvalue weighted by Gasteiger charge is 2.35. The van der Waals surface area contributed by atoms with Crippen molar-refractivity contribution in [1.82, 2.24) is 4.90 Å². The largest absolute Gasteiger partial charge is 0.465 e. The smallest absolute Gasteiger partial charge is 0.410 e. The number of hydrogen-bond acceptors (Lipinski definition) is 5. The van der Waals surface area contributed by atoms with Gasteiger partial charge in [0.2, 0.25) is 0 Å². The zero-order valence-corrected chi connectivity index (χ0v) is 16.4. The van der Waals surface area contributed by atoms with Crippen molar-refractivity contribution in [3.63, 3.8) is 0 Å². The van der Waals surface area contributed by atoms with Crippen molar-refractivity contribution >= 4 is 12.1 Å².